The van der Waals surface area contributed by atoms with Crippen molar-refractivity contribution in [3.63, 3.8) is 0 Å². The van der Waals surface area contributed by atoms with E-state index in [9.17, 15) is 14.4 Å². The number of hydrogen-bond acceptors (Lipinski definition) is 4. The molecule has 1 aliphatic heterocycles. The first-order valence-electron chi connectivity index (χ1n) is 8.77. The van der Waals surface area contributed by atoms with Gasteiger partial charge in [-0.3, -0.25) is 19.5 Å². The van der Waals surface area contributed by atoms with Gasteiger partial charge in [0.1, 0.15) is 5.54 Å². The number of benzene rings is 2. The molecule has 7 heteroatoms. The van der Waals surface area contributed by atoms with E-state index < -0.39 is 23.4 Å². The fourth-order valence-electron chi connectivity index (χ4n) is 3.49. The van der Waals surface area contributed by atoms with Crippen LogP contribution in [0.3, 0.4) is 0 Å². The average molecular weight is 374 g/mol. The molecule has 0 bridgehead atoms. The Morgan fingerprint density at radius 3 is 2.68 bits per heavy atom. The molecule has 1 atom stereocenters. The first kappa shape index (κ1) is 17.7. The van der Waals surface area contributed by atoms with Gasteiger partial charge < -0.3 is 11.1 Å². The number of primary amides is 1. The molecule has 4 rings (SSSR count). The molecular weight excluding hydrogens is 356 g/mol. The van der Waals surface area contributed by atoms with Crippen molar-refractivity contribution in [2.24, 2.45) is 5.73 Å². The van der Waals surface area contributed by atoms with Gasteiger partial charge in [-0.2, -0.15) is 0 Å². The standard InChI is InChI=1S/C21H18N4O3/c1-21(16-9-3-6-14(11-16)18(22)26)19(27)25(20(28)24-21)12-15-7-2-5-13-8-4-10-23-17(13)15/h2-11H,12H2,1H3,(H2,22,26)(H,24,28). The van der Waals surface area contributed by atoms with E-state index in [0.717, 1.165) is 16.5 Å². The minimum atomic E-state index is -1.28. The Bertz CT molecular complexity index is 1120. The molecule has 140 valence electrons. The topological polar surface area (TPSA) is 105 Å². The number of nitrogens with one attached hydrogen (secondary N) is 1. The molecule has 28 heavy (non-hydrogen) atoms. The Labute approximate surface area is 161 Å². The Morgan fingerprint density at radius 1 is 1.14 bits per heavy atom. The van der Waals surface area contributed by atoms with E-state index in [2.05, 4.69) is 10.3 Å². The third kappa shape index (κ3) is 2.77. The molecular formula is C21H18N4O3. The van der Waals surface area contributed by atoms with E-state index in [1.54, 1.807) is 31.3 Å². The largest absolute Gasteiger partial charge is 0.366 e. The molecule has 1 unspecified atom stereocenters. The van der Waals surface area contributed by atoms with Gasteiger partial charge >= 0.3 is 6.03 Å². The lowest BCUT2D eigenvalue weighted by Gasteiger charge is -2.22. The minimum Gasteiger partial charge on any atom is -0.366 e. The van der Waals surface area contributed by atoms with E-state index in [0.29, 0.717) is 5.56 Å². The zero-order chi connectivity index (χ0) is 19.9. The van der Waals surface area contributed by atoms with Crippen LogP contribution in [-0.2, 0) is 16.9 Å². The Balaban J connectivity index is 1.69. The Kier molecular flexibility index (Phi) is 4.07. The molecule has 2 heterocycles. The van der Waals surface area contributed by atoms with Crippen molar-refractivity contribution in [2.45, 2.75) is 19.0 Å². The number of fused-ring (bicyclic) bond motifs is 1. The lowest BCUT2D eigenvalue weighted by atomic mass is 9.90. The number of amides is 4. The molecule has 3 aromatic rings. The zero-order valence-corrected chi connectivity index (χ0v) is 15.2. The Morgan fingerprint density at radius 2 is 1.89 bits per heavy atom. The number of imide groups is 1. The molecule has 0 saturated carbocycles. The van der Waals surface area contributed by atoms with E-state index in [1.165, 1.54) is 11.0 Å². The summed E-state index contributed by atoms with van der Waals surface area (Å²) in [7, 11) is 0. The third-order valence-corrected chi connectivity index (χ3v) is 5.04. The van der Waals surface area contributed by atoms with Crippen molar-refractivity contribution >= 4 is 28.7 Å². The maximum Gasteiger partial charge on any atom is 0.325 e. The number of carbonyl (C=O) groups excluding carboxylic acids is 3. The molecule has 4 amide bonds. The number of nitrogens with two attached hydrogens (primary N) is 1. The number of aromatic nitrogens is 1. The Hall–Kier alpha value is -3.74. The predicted molar refractivity (Wildman–Crippen MR) is 103 cm³/mol. The summed E-state index contributed by atoms with van der Waals surface area (Å²) in [6.07, 6.45) is 1.68. The summed E-state index contributed by atoms with van der Waals surface area (Å²) in [4.78, 5) is 42.8. The van der Waals surface area contributed by atoms with E-state index in [4.69, 9.17) is 5.73 Å². The van der Waals surface area contributed by atoms with Crippen LogP contribution < -0.4 is 11.1 Å². The van der Waals surface area contributed by atoms with Gasteiger partial charge in [0.25, 0.3) is 5.91 Å². The minimum absolute atomic E-state index is 0.101. The van der Waals surface area contributed by atoms with Gasteiger partial charge in [0.15, 0.2) is 0 Å². The smallest absolute Gasteiger partial charge is 0.325 e. The number of rotatable bonds is 4. The SMILES string of the molecule is CC1(c2cccc(C(N)=O)c2)NC(=O)N(Cc2cccc3cccnc23)C1=O. The summed E-state index contributed by atoms with van der Waals surface area (Å²) in [5.41, 5.74) is 6.36. The van der Waals surface area contributed by atoms with Crippen LogP contribution >= 0.6 is 0 Å². The number of hydrogen-bond donors (Lipinski definition) is 2. The van der Waals surface area contributed by atoms with Crippen molar-refractivity contribution in [1.82, 2.24) is 15.2 Å². The van der Waals surface area contributed by atoms with Gasteiger partial charge in [-0.1, -0.05) is 36.4 Å². The lowest BCUT2D eigenvalue weighted by molar-refractivity contribution is -0.131. The number of para-hydroxylation sites is 1. The molecule has 2 aromatic carbocycles. The second-order valence-corrected chi connectivity index (χ2v) is 6.88. The van der Waals surface area contributed by atoms with Gasteiger partial charge in [-0.25, -0.2) is 4.79 Å². The van der Waals surface area contributed by atoms with Crippen LogP contribution in [0.25, 0.3) is 10.9 Å². The van der Waals surface area contributed by atoms with E-state index in [1.807, 2.05) is 30.3 Å². The quantitative estimate of drug-likeness (QED) is 0.684. The van der Waals surface area contributed by atoms with Gasteiger partial charge in [0.2, 0.25) is 5.91 Å². The van der Waals surface area contributed by atoms with Crippen LogP contribution in [-0.4, -0.2) is 27.7 Å². The summed E-state index contributed by atoms with van der Waals surface area (Å²) in [6, 6.07) is 15.3. The number of urea groups is 1. The van der Waals surface area contributed by atoms with Gasteiger partial charge in [0, 0.05) is 17.1 Å². The molecule has 1 saturated heterocycles. The summed E-state index contributed by atoms with van der Waals surface area (Å²) in [5, 5.41) is 3.68. The van der Waals surface area contributed by atoms with E-state index in [-0.39, 0.29) is 12.1 Å². The monoisotopic (exact) mass is 374 g/mol. The fourth-order valence-corrected chi connectivity index (χ4v) is 3.49. The molecule has 1 aliphatic rings. The van der Waals surface area contributed by atoms with Crippen LogP contribution in [0, 0.1) is 0 Å². The molecule has 0 aliphatic carbocycles. The van der Waals surface area contributed by atoms with Crippen molar-refractivity contribution in [1.29, 1.82) is 0 Å². The number of carbonyl (C=O) groups is 3. The fraction of sp³-hybridized carbons (Fsp3) is 0.143. The summed E-state index contributed by atoms with van der Waals surface area (Å²) in [5.74, 6) is -0.993. The predicted octanol–water partition coefficient (Wildman–Crippen LogP) is 2.30. The summed E-state index contributed by atoms with van der Waals surface area (Å²) < 4.78 is 0. The number of nitrogens with zero attached hydrogens (tertiary/aromatic N) is 2. The number of pyridine rings is 1. The second kappa shape index (κ2) is 6.45. The third-order valence-electron chi connectivity index (χ3n) is 5.04. The van der Waals surface area contributed by atoms with Crippen LogP contribution in [0.15, 0.2) is 60.8 Å². The molecule has 3 N–H and O–H groups in total. The second-order valence-electron chi connectivity index (χ2n) is 6.88. The van der Waals surface area contributed by atoms with Crippen molar-refractivity contribution in [2.75, 3.05) is 0 Å². The highest BCUT2D eigenvalue weighted by Crippen LogP contribution is 2.31. The summed E-state index contributed by atoms with van der Waals surface area (Å²) in [6.45, 7) is 1.72. The maximum atomic E-state index is 13.2. The van der Waals surface area contributed by atoms with Crippen molar-refractivity contribution in [3.05, 3.63) is 77.5 Å². The molecule has 0 radical (unpaired) electrons. The normalized spacial score (nSPS) is 19.1. The lowest BCUT2D eigenvalue weighted by Crippen LogP contribution is -2.41. The maximum absolute atomic E-state index is 13.2. The van der Waals surface area contributed by atoms with Gasteiger partial charge in [0.05, 0.1) is 12.1 Å². The highest BCUT2D eigenvalue weighted by atomic mass is 16.2. The molecule has 7 nitrogen and oxygen atoms in total. The van der Waals surface area contributed by atoms with Crippen molar-refractivity contribution < 1.29 is 14.4 Å². The van der Waals surface area contributed by atoms with E-state index >= 15 is 0 Å². The zero-order valence-electron chi connectivity index (χ0n) is 15.2. The van der Waals surface area contributed by atoms with Crippen molar-refractivity contribution in [3.8, 4) is 0 Å². The summed E-state index contributed by atoms with van der Waals surface area (Å²) >= 11 is 0. The van der Waals surface area contributed by atoms with Gasteiger partial charge in [-0.05, 0) is 36.2 Å². The van der Waals surface area contributed by atoms with Crippen LogP contribution in [0.1, 0.15) is 28.4 Å². The van der Waals surface area contributed by atoms with Crippen LogP contribution in [0.5, 0.6) is 0 Å². The molecule has 1 aromatic heterocycles. The first-order chi connectivity index (χ1) is 13.4. The molecule has 0 spiro atoms. The molecule has 1 fully saturated rings. The highest BCUT2D eigenvalue weighted by molar-refractivity contribution is 6.07. The highest BCUT2D eigenvalue weighted by Gasteiger charge is 2.49. The van der Waals surface area contributed by atoms with Crippen LogP contribution in [0.4, 0.5) is 4.79 Å². The average Bonchev–Trinajstić information content (AvgIpc) is 2.92. The first-order valence-corrected chi connectivity index (χ1v) is 8.77. The van der Waals surface area contributed by atoms with Gasteiger partial charge in [-0.15, -0.1) is 0 Å². The van der Waals surface area contributed by atoms with Crippen LogP contribution in [0.2, 0.25) is 0 Å².